The van der Waals surface area contributed by atoms with Crippen molar-refractivity contribution in [1.29, 1.82) is 0 Å². The molecule has 0 saturated carbocycles. The highest BCUT2D eigenvalue weighted by Crippen LogP contribution is 2.27. The summed E-state index contributed by atoms with van der Waals surface area (Å²) in [6.07, 6.45) is 3.86. The summed E-state index contributed by atoms with van der Waals surface area (Å²) in [7, 11) is 0. The highest BCUT2D eigenvalue weighted by Gasteiger charge is 2.35. The van der Waals surface area contributed by atoms with Crippen molar-refractivity contribution in [3.63, 3.8) is 0 Å². The van der Waals surface area contributed by atoms with Crippen molar-refractivity contribution in [2.24, 2.45) is 0 Å². The zero-order chi connectivity index (χ0) is 20.0. The molecule has 1 saturated heterocycles. The number of ether oxygens (including phenoxy) is 1. The number of amides is 1. The fourth-order valence-corrected chi connectivity index (χ4v) is 3.24. The Balaban J connectivity index is 1.40. The van der Waals surface area contributed by atoms with Crippen molar-refractivity contribution >= 4 is 5.91 Å². The van der Waals surface area contributed by atoms with Gasteiger partial charge in [0, 0.05) is 57.0 Å². The zero-order valence-corrected chi connectivity index (χ0v) is 16.0. The molecule has 0 spiro atoms. The number of alkyl halides is 1. The summed E-state index contributed by atoms with van der Waals surface area (Å²) in [5.74, 6) is 0.218. The third kappa shape index (κ3) is 5.25. The number of nitrogens with one attached hydrogen (secondary N) is 1. The molecule has 0 atom stereocenters. The molecule has 1 N–H and O–H groups in total. The average Bonchev–Trinajstić information content (AvgIpc) is 2.71. The molecular formula is C21H25F2N3O2. The third-order valence-corrected chi connectivity index (χ3v) is 4.99. The molecule has 2 aromatic rings. The Kier molecular flexibility index (Phi) is 6.57. The lowest BCUT2D eigenvalue weighted by Gasteiger charge is -2.36. The number of piperidine rings is 1. The summed E-state index contributed by atoms with van der Waals surface area (Å²) in [5.41, 5.74) is -0.468. The maximum absolute atomic E-state index is 15.0. The lowest BCUT2D eigenvalue weighted by Crippen LogP contribution is -2.49. The van der Waals surface area contributed by atoms with Crippen LogP contribution >= 0.6 is 0 Å². The number of carbonyl (C=O) groups excluding carboxylic acids is 1. The molecule has 28 heavy (non-hydrogen) atoms. The number of aryl methyl sites for hydroxylation is 1. The van der Waals surface area contributed by atoms with Crippen molar-refractivity contribution < 1.29 is 18.3 Å². The van der Waals surface area contributed by atoms with Crippen molar-refractivity contribution in [3.8, 4) is 5.75 Å². The summed E-state index contributed by atoms with van der Waals surface area (Å²) in [6.45, 7) is 3.52. The van der Waals surface area contributed by atoms with E-state index in [4.69, 9.17) is 4.74 Å². The highest BCUT2D eigenvalue weighted by molar-refractivity contribution is 5.94. The maximum Gasteiger partial charge on any atom is 0.253 e. The minimum Gasteiger partial charge on any atom is -0.492 e. The molecule has 7 heteroatoms. The van der Waals surface area contributed by atoms with E-state index in [1.165, 1.54) is 12.1 Å². The van der Waals surface area contributed by atoms with Crippen LogP contribution in [0.25, 0.3) is 0 Å². The smallest absolute Gasteiger partial charge is 0.253 e. The van der Waals surface area contributed by atoms with Gasteiger partial charge in [-0.15, -0.1) is 0 Å². The molecule has 150 valence electrons. The van der Waals surface area contributed by atoms with E-state index in [2.05, 4.69) is 10.3 Å². The second-order valence-electron chi connectivity index (χ2n) is 7.12. The Labute approximate surface area is 163 Å². The van der Waals surface area contributed by atoms with E-state index in [0.29, 0.717) is 37.4 Å². The van der Waals surface area contributed by atoms with E-state index in [1.54, 1.807) is 42.4 Å². The first-order valence-electron chi connectivity index (χ1n) is 9.45. The largest absolute Gasteiger partial charge is 0.492 e. The van der Waals surface area contributed by atoms with E-state index in [0.717, 1.165) is 5.75 Å². The van der Waals surface area contributed by atoms with E-state index >= 15 is 0 Å². The van der Waals surface area contributed by atoms with Crippen molar-refractivity contribution in [1.82, 2.24) is 15.2 Å². The quantitative estimate of drug-likeness (QED) is 0.740. The maximum atomic E-state index is 15.0. The lowest BCUT2D eigenvalue weighted by molar-refractivity contribution is 0.0433. The first kappa shape index (κ1) is 20.2. The number of benzene rings is 1. The number of rotatable bonds is 7. The van der Waals surface area contributed by atoms with Crippen LogP contribution in [0.3, 0.4) is 0 Å². The number of hydrogen-bond donors (Lipinski definition) is 1. The van der Waals surface area contributed by atoms with Crippen molar-refractivity contribution in [3.05, 3.63) is 59.7 Å². The predicted molar refractivity (Wildman–Crippen MR) is 103 cm³/mol. The molecule has 1 aromatic heterocycles. The van der Waals surface area contributed by atoms with E-state index < -0.39 is 5.67 Å². The molecule has 1 amide bonds. The van der Waals surface area contributed by atoms with Gasteiger partial charge in [0.1, 0.15) is 23.8 Å². The minimum absolute atomic E-state index is 0.177. The number of hydrogen-bond acceptors (Lipinski definition) is 4. The third-order valence-electron chi connectivity index (χ3n) is 4.99. The average molecular weight is 389 g/mol. The molecule has 0 unspecified atom stereocenters. The van der Waals surface area contributed by atoms with Gasteiger partial charge in [-0.25, -0.2) is 8.78 Å². The number of carbonyl (C=O) groups is 1. The molecule has 0 radical (unpaired) electrons. The first-order valence-corrected chi connectivity index (χ1v) is 9.45. The van der Waals surface area contributed by atoms with Crippen molar-refractivity contribution in [2.45, 2.75) is 25.4 Å². The molecule has 3 rings (SSSR count). The van der Waals surface area contributed by atoms with Crippen LogP contribution in [0.2, 0.25) is 0 Å². The standard InChI is InChI=1S/C21H25F2N3O2/c1-16-14-17(2-3-19(16)22)20(27)26-11-6-21(23,7-12-26)15-25-10-13-28-18-4-8-24-9-5-18/h2-5,8-9,14,25H,6-7,10-13,15H2,1H3. The van der Waals surface area contributed by atoms with Gasteiger partial charge in [0.15, 0.2) is 0 Å². The second kappa shape index (κ2) is 9.10. The van der Waals surface area contributed by atoms with Crippen molar-refractivity contribution in [2.75, 3.05) is 32.8 Å². The summed E-state index contributed by atoms with van der Waals surface area (Å²) in [6, 6.07) is 7.85. The van der Waals surface area contributed by atoms with E-state index in [9.17, 15) is 13.6 Å². The summed E-state index contributed by atoms with van der Waals surface area (Å²) < 4.78 is 33.9. The molecule has 1 aliphatic heterocycles. The van der Waals surface area contributed by atoms with Gasteiger partial charge < -0.3 is 15.0 Å². The SMILES string of the molecule is Cc1cc(C(=O)N2CCC(F)(CNCCOc3ccncc3)CC2)ccc1F. The molecule has 1 fully saturated rings. The molecule has 5 nitrogen and oxygen atoms in total. The van der Waals surface area contributed by atoms with E-state index in [1.807, 2.05) is 0 Å². The Morgan fingerprint density at radius 2 is 1.96 bits per heavy atom. The Bertz CT molecular complexity index is 793. The normalized spacial score (nSPS) is 16.0. The van der Waals surface area contributed by atoms with Gasteiger partial charge in [-0.2, -0.15) is 0 Å². The summed E-state index contributed by atoms with van der Waals surface area (Å²) in [4.78, 5) is 18.1. The van der Waals surface area contributed by atoms with Crippen LogP contribution in [0, 0.1) is 12.7 Å². The Morgan fingerprint density at radius 3 is 2.64 bits per heavy atom. The van der Waals surface area contributed by atoms with E-state index in [-0.39, 0.29) is 31.1 Å². The van der Waals surface area contributed by atoms with Crippen LogP contribution in [-0.2, 0) is 0 Å². The number of nitrogens with zero attached hydrogens (tertiary/aromatic N) is 2. The highest BCUT2D eigenvalue weighted by atomic mass is 19.1. The van der Waals surface area contributed by atoms with Crippen LogP contribution < -0.4 is 10.1 Å². The fraction of sp³-hybridized carbons (Fsp3) is 0.429. The van der Waals surface area contributed by atoms with Crippen LogP contribution in [-0.4, -0.2) is 54.2 Å². The monoisotopic (exact) mass is 389 g/mol. The first-order chi connectivity index (χ1) is 13.5. The molecule has 0 bridgehead atoms. The molecule has 1 aromatic carbocycles. The van der Waals surface area contributed by atoms with Gasteiger partial charge in [0.25, 0.3) is 5.91 Å². The zero-order valence-electron chi connectivity index (χ0n) is 16.0. The molecular weight excluding hydrogens is 364 g/mol. The fourth-order valence-electron chi connectivity index (χ4n) is 3.24. The second-order valence-corrected chi connectivity index (χ2v) is 7.12. The summed E-state index contributed by atoms with van der Waals surface area (Å²) in [5, 5.41) is 3.09. The van der Waals surface area contributed by atoms with Gasteiger partial charge in [-0.3, -0.25) is 9.78 Å². The van der Waals surface area contributed by atoms with Crippen LogP contribution in [0.5, 0.6) is 5.75 Å². The number of halogens is 2. The molecule has 2 heterocycles. The van der Waals surface area contributed by atoms with Crippen LogP contribution in [0.4, 0.5) is 8.78 Å². The number of aromatic nitrogens is 1. The van der Waals surface area contributed by atoms with Gasteiger partial charge >= 0.3 is 0 Å². The summed E-state index contributed by atoms with van der Waals surface area (Å²) >= 11 is 0. The molecule has 0 aliphatic carbocycles. The molecule has 1 aliphatic rings. The van der Waals surface area contributed by atoms with Gasteiger partial charge in [-0.05, 0) is 42.8 Å². The predicted octanol–water partition coefficient (Wildman–Crippen LogP) is 3.14. The van der Waals surface area contributed by atoms with Crippen LogP contribution in [0.1, 0.15) is 28.8 Å². The minimum atomic E-state index is -1.34. The van der Waals surface area contributed by atoms with Gasteiger partial charge in [-0.1, -0.05) is 0 Å². The van der Waals surface area contributed by atoms with Gasteiger partial charge in [0.2, 0.25) is 0 Å². The number of likely N-dealkylation sites (tertiary alicyclic amines) is 1. The number of pyridine rings is 1. The Hall–Kier alpha value is -2.54. The van der Waals surface area contributed by atoms with Gasteiger partial charge in [0.05, 0.1) is 0 Å². The van der Waals surface area contributed by atoms with Crippen LogP contribution in [0.15, 0.2) is 42.7 Å². The lowest BCUT2D eigenvalue weighted by atomic mass is 9.92. The topological polar surface area (TPSA) is 54.5 Å². The Morgan fingerprint density at radius 1 is 1.25 bits per heavy atom.